The maximum atomic E-state index is 3.66. The second kappa shape index (κ2) is 3.20. The van der Waals surface area contributed by atoms with E-state index in [1.54, 1.807) is 0 Å². The summed E-state index contributed by atoms with van der Waals surface area (Å²) in [5.41, 5.74) is 0.614. The van der Waals surface area contributed by atoms with Crippen molar-refractivity contribution in [2.45, 2.75) is 26.2 Å². The van der Waals surface area contributed by atoms with Crippen LogP contribution in [0.1, 0.15) is 26.2 Å². The molecule has 1 heteroatoms. The van der Waals surface area contributed by atoms with Crippen LogP contribution in [0.3, 0.4) is 0 Å². The normalized spacial score (nSPS) is 21.7. The molecule has 1 saturated carbocycles. The lowest BCUT2D eigenvalue weighted by Gasteiger charge is -2.38. The van der Waals surface area contributed by atoms with Gasteiger partial charge in [0.1, 0.15) is 0 Å². The second-order valence-electron chi connectivity index (χ2n) is 3.58. The fourth-order valence-electron chi connectivity index (χ4n) is 1.43. The molecule has 0 aromatic carbocycles. The molecule has 0 spiro atoms. The average molecular weight is 139 g/mol. The number of rotatable bonds is 4. The molecule has 1 aliphatic carbocycles. The molecule has 0 saturated heterocycles. The number of nitrogens with one attached hydrogen (secondary N) is 1. The van der Waals surface area contributed by atoms with Crippen molar-refractivity contribution in [2.24, 2.45) is 5.41 Å². The fraction of sp³-hybridized carbons (Fsp3) is 0.778. The average Bonchev–Trinajstić information content (AvgIpc) is 1.85. The molecule has 0 bridgehead atoms. The van der Waals surface area contributed by atoms with E-state index in [-0.39, 0.29) is 0 Å². The van der Waals surface area contributed by atoms with E-state index in [9.17, 15) is 0 Å². The molecule has 1 rings (SSSR count). The first-order valence-corrected chi connectivity index (χ1v) is 4.08. The summed E-state index contributed by atoms with van der Waals surface area (Å²) in [5.74, 6) is 0. The van der Waals surface area contributed by atoms with Crippen LogP contribution in [0.5, 0.6) is 0 Å². The second-order valence-corrected chi connectivity index (χ2v) is 3.58. The molecule has 0 radical (unpaired) electrons. The molecule has 1 fully saturated rings. The third kappa shape index (κ3) is 1.84. The lowest BCUT2D eigenvalue weighted by molar-refractivity contribution is 0.159. The van der Waals surface area contributed by atoms with E-state index in [2.05, 4.69) is 18.8 Å². The summed E-state index contributed by atoms with van der Waals surface area (Å²) in [6, 6.07) is 0. The quantitative estimate of drug-likeness (QED) is 0.463. The van der Waals surface area contributed by atoms with Crippen LogP contribution in [0.2, 0.25) is 0 Å². The molecule has 10 heavy (non-hydrogen) atoms. The van der Waals surface area contributed by atoms with Gasteiger partial charge in [0.15, 0.2) is 0 Å². The first kappa shape index (κ1) is 7.80. The van der Waals surface area contributed by atoms with Gasteiger partial charge in [0.2, 0.25) is 0 Å². The lowest BCUT2D eigenvalue weighted by Crippen LogP contribution is -2.37. The molecule has 0 aromatic rings. The van der Waals surface area contributed by atoms with Crippen LogP contribution in [-0.2, 0) is 0 Å². The van der Waals surface area contributed by atoms with Crippen LogP contribution in [0, 0.1) is 5.41 Å². The molecule has 0 unspecified atom stereocenters. The third-order valence-electron chi connectivity index (χ3n) is 2.40. The summed E-state index contributed by atoms with van der Waals surface area (Å²) in [6.45, 7) is 8.14. The zero-order valence-electron chi connectivity index (χ0n) is 6.82. The Morgan fingerprint density at radius 2 is 2.30 bits per heavy atom. The van der Waals surface area contributed by atoms with E-state index in [4.69, 9.17) is 0 Å². The molecular weight excluding hydrogens is 122 g/mol. The van der Waals surface area contributed by atoms with E-state index < -0.39 is 0 Å². The van der Waals surface area contributed by atoms with Gasteiger partial charge in [-0.2, -0.15) is 0 Å². The maximum absolute atomic E-state index is 3.66. The zero-order chi connectivity index (χ0) is 7.45. The van der Waals surface area contributed by atoms with Gasteiger partial charge in [0.25, 0.3) is 0 Å². The monoisotopic (exact) mass is 139 g/mol. The van der Waals surface area contributed by atoms with Crippen molar-refractivity contribution >= 4 is 0 Å². The van der Waals surface area contributed by atoms with Gasteiger partial charge in [0, 0.05) is 13.1 Å². The molecular formula is C9H17N. The van der Waals surface area contributed by atoms with Gasteiger partial charge in [-0.25, -0.2) is 0 Å². The van der Waals surface area contributed by atoms with Crippen LogP contribution >= 0.6 is 0 Å². The molecule has 0 heterocycles. The van der Waals surface area contributed by atoms with Gasteiger partial charge in [-0.3, -0.25) is 0 Å². The van der Waals surface area contributed by atoms with Crippen molar-refractivity contribution in [1.29, 1.82) is 0 Å². The van der Waals surface area contributed by atoms with E-state index in [1.807, 2.05) is 6.08 Å². The minimum Gasteiger partial charge on any atom is -0.313 e. The Morgan fingerprint density at radius 3 is 2.70 bits per heavy atom. The Hall–Kier alpha value is -0.300. The van der Waals surface area contributed by atoms with Crippen LogP contribution in [0.25, 0.3) is 0 Å². The van der Waals surface area contributed by atoms with Crippen molar-refractivity contribution in [1.82, 2.24) is 5.32 Å². The predicted molar refractivity (Wildman–Crippen MR) is 45.0 cm³/mol. The Labute approximate surface area is 63.5 Å². The van der Waals surface area contributed by atoms with Crippen LogP contribution in [0.15, 0.2) is 12.7 Å². The van der Waals surface area contributed by atoms with Gasteiger partial charge in [-0.05, 0) is 18.3 Å². The molecule has 58 valence electrons. The molecule has 0 aliphatic heterocycles. The minimum atomic E-state index is 0.614. The summed E-state index contributed by atoms with van der Waals surface area (Å²) >= 11 is 0. The predicted octanol–water partition coefficient (Wildman–Crippen LogP) is 1.95. The summed E-state index contributed by atoms with van der Waals surface area (Å²) in [7, 11) is 0. The maximum Gasteiger partial charge on any atom is 0.0132 e. The summed E-state index contributed by atoms with van der Waals surface area (Å²) in [4.78, 5) is 0. The van der Waals surface area contributed by atoms with Crippen LogP contribution in [-0.4, -0.2) is 13.1 Å². The molecule has 0 aromatic heterocycles. The molecule has 0 amide bonds. The highest BCUT2D eigenvalue weighted by Crippen LogP contribution is 2.39. The summed E-state index contributed by atoms with van der Waals surface area (Å²) in [6.07, 6.45) is 6.14. The lowest BCUT2D eigenvalue weighted by atomic mass is 9.70. The summed E-state index contributed by atoms with van der Waals surface area (Å²) in [5, 5.41) is 3.36. The van der Waals surface area contributed by atoms with E-state index in [1.165, 1.54) is 25.8 Å². The number of hydrogen-bond acceptors (Lipinski definition) is 1. The summed E-state index contributed by atoms with van der Waals surface area (Å²) < 4.78 is 0. The standard InChI is InChI=1S/C9H17N/c1-3-7-10-8-9(2)5-4-6-9/h3,10H,1,4-8H2,2H3. The highest BCUT2D eigenvalue weighted by molar-refractivity contribution is 4.86. The molecule has 1 aliphatic rings. The first-order valence-electron chi connectivity index (χ1n) is 4.08. The molecule has 0 atom stereocenters. The Morgan fingerprint density at radius 1 is 1.60 bits per heavy atom. The van der Waals surface area contributed by atoms with Crippen molar-refractivity contribution in [2.75, 3.05) is 13.1 Å². The van der Waals surface area contributed by atoms with Gasteiger partial charge < -0.3 is 5.32 Å². The largest absolute Gasteiger partial charge is 0.313 e. The van der Waals surface area contributed by atoms with Crippen LogP contribution < -0.4 is 5.32 Å². The van der Waals surface area contributed by atoms with Crippen molar-refractivity contribution < 1.29 is 0 Å². The molecule has 1 nitrogen and oxygen atoms in total. The van der Waals surface area contributed by atoms with Gasteiger partial charge in [0.05, 0.1) is 0 Å². The van der Waals surface area contributed by atoms with Gasteiger partial charge >= 0.3 is 0 Å². The van der Waals surface area contributed by atoms with Crippen LogP contribution in [0.4, 0.5) is 0 Å². The van der Waals surface area contributed by atoms with Crippen molar-refractivity contribution in [3.63, 3.8) is 0 Å². The highest BCUT2D eigenvalue weighted by atomic mass is 14.9. The highest BCUT2D eigenvalue weighted by Gasteiger charge is 2.30. The van der Waals surface area contributed by atoms with E-state index in [0.29, 0.717) is 5.41 Å². The van der Waals surface area contributed by atoms with Crippen molar-refractivity contribution in [3.05, 3.63) is 12.7 Å². The Bertz CT molecular complexity index is 114. The molecule has 1 N–H and O–H groups in total. The van der Waals surface area contributed by atoms with E-state index >= 15 is 0 Å². The van der Waals surface area contributed by atoms with Crippen molar-refractivity contribution in [3.8, 4) is 0 Å². The third-order valence-corrected chi connectivity index (χ3v) is 2.40. The SMILES string of the molecule is C=CCNCC1(C)CCC1. The van der Waals surface area contributed by atoms with Gasteiger partial charge in [-0.15, -0.1) is 6.58 Å². The first-order chi connectivity index (χ1) is 4.77. The van der Waals surface area contributed by atoms with E-state index in [0.717, 1.165) is 6.54 Å². The number of hydrogen-bond donors (Lipinski definition) is 1. The zero-order valence-corrected chi connectivity index (χ0v) is 6.82. The Kier molecular flexibility index (Phi) is 2.50. The van der Waals surface area contributed by atoms with Gasteiger partial charge in [-0.1, -0.05) is 19.4 Å². The minimum absolute atomic E-state index is 0.614. The smallest absolute Gasteiger partial charge is 0.0132 e. The Balaban J connectivity index is 2.06. The topological polar surface area (TPSA) is 12.0 Å². The fourth-order valence-corrected chi connectivity index (χ4v) is 1.43.